The Morgan fingerprint density at radius 2 is 2.05 bits per heavy atom. The van der Waals surface area contributed by atoms with Gasteiger partial charge in [-0.2, -0.15) is 9.78 Å². The van der Waals surface area contributed by atoms with E-state index in [1.807, 2.05) is 39.8 Å². The van der Waals surface area contributed by atoms with Crippen molar-refractivity contribution in [3.63, 3.8) is 0 Å². The first kappa shape index (κ1) is 14.8. The molecule has 0 saturated carbocycles. The van der Waals surface area contributed by atoms with Crippen molar-refractivity contribution in [2.45, 2.75) is 33.3 Å². The standard InChI is InChI=1S/C13H14BrIN2O2/c1-7-5-8(14)6-9-10(7)17(16-11(9)15)12(18)19-13(2,3)4/h5-6H,1-4H3. The molecule has 0 saturated heterocycles. The molecule has 102 valence electrons. The molecule has 1 aromatic heterocycles. The fourth-order valence-corrected chi connectivity index (χ4v) is 3.00. The van der Waals surface area contributed by atoms with Gasteiger partial charge in [0.2, 0.25) is 0 Å². The molecule has 1 heterocycles. The van der Waals surface area contributed by atoms with E-state index >= 15 is 0 Å². The Labute approximate surface area is 133 Å². The SMILES string of the molecule is Cc1cc(Br)cc2c(I)nn(C(=O)OC(C)(C)C)c12. The number of benzene rings is 1. The minimum atomic E-state index is -0.538. The summed E-state index contributed by atoms with van der Waals surface area (Å²) in [5, 5.41) is 5.23. The summed E-state index contributed by atoms with van der Waals surface area (Å²) in [5.74, 6) is 0. The van der Waals surface area contributed by atoms with Crippen LogP contribution in [0.5, 0.6) is 0 Å². The van der Waals surface area contributed by atoms with Crippen LogP contribution in [0.4, 0.5) is 4.79 Å². The third-order valence-electron chi connectivity index (χ3n) is 2.45. The van der Waals surface area contributed by atoms with Gasteiger partial charge in [-0.1, -0.05) is 15.9 Å². The van der Waals surface area contributed by atoms with E-state index in [9.17, 15) is 4.79 Å². The van der Waals surface area contributed by atoms with Gasteiger partial charge in [0.25, 0.3) is 0 Å². The second-order valence-corrected chi connectivity index (χ2v) is 7.24. The van der Waals surface area contributed by atoms with Gasteiger partial charge in [0.1, 0.15) is 9.30 Å². The summed E-state index contributed by atoms with van der Waals surface area (Å²) in [6.45, 7) is 7.47. The van der Waals surface area contributed by atoms with Gasteiger partial charge < -0.3 is 4.74 Å². The number of hydrogen-bond donors (Lipinski definition) is 0. The molecule has 0 bridgehead atoms. The van der Waals surface area contributed by atoms with Crippen molar-refractivity contribution in [2.75, 3.05) is 0 Å². The molecule has 2 rings (SSSR count). The highest BCUT2D eigenvalue weighted by molar-refractivity contribution is 14.1. The van der Waals surface area contributed by atoms with Crippen LogP contribution in [-0.4, -0.2) is 21.5 Å². The number of halogens is 2. The topological polar surface area (TPSA) is 44.1 Å². The second-order valence-electron chi connectivity index (χ2n) is 5.30. The number of carbonyl (C=O) groups is 1. The molecule has 2 aromatic rings. The highest BCUT2D eigenvalue weighted by Gasteiger charge is 2.22. The zero-order valence-corrected chi connectivity index (χ0v) is 14.9. The quantitative estimate of drug-likeness (QED) is 0.571. The van der Waals surface area contributed by atoms with Gasteiger partial charge in [-0.05, 0) is 68.0 Å². The van der Waals surface area contributed by atoms with Crippen molar-refractivity contribution in [1.29, 1.82) is 0 Å². The highest BCUT2D eigenvalue weighted by Crippen LogP contribution is 2.28. The lowest BCUT2D eigenvalue weighted by Crippen LogP contribution is -2.27. The Morgan fingerprint density at radius 3 is 2.63 bits per heavy atom. The van der Waals surface area contributed by atoms with Gasteiger partial charge >= 0.3 is 6.09 Å². The molecule has 4 nitrogen and oxygen atoms in total. The predicted molar refractivity (Wildman–Crippen MR) is 86.5 cm³/mol. The van der Waals surface area contributed by atoms with E-state index in [0.29, 0.717) is 0 Å². The number of aromatic nitrogens is 2. The van der Waals surface area contributed by atoms with E-state index in [2.05, 4.69) is 43.6 Å². The average Bonchev–Trinajstić information content (AvgIpc) is 2.54. The van der Waals surface area contributed by atoms with Crippen LogP contribution in [-0.2, 0) is 4.74 Å². The molecular formula is C13H14BrIN2O2. The number of hydrogen-bond acceptors (Lipinski definition) is 3. The minimum absolute atomic E-state index is 0.453. The predicted octanol–water partition coefficient (Wildman–Crippen LogP) is 4.50. The first-order valence-electron chi connectivity index (χ1n) is 5.77. The molecule has 0 aliphatic rings. The molecule has 0 radical (unpaired) electrons. The van der Waals surface area contributed by atoms with Gasteiger partial charge in [0.15, 0.2) is 0 Å². The Kier molecular flexibility index (Phi) is 3.92. The van der Waals surface area contributed by atoms with E-state index in [1.165, 1.54) is 4.68 Å². The van der Waals surface area contributed by atoms with E-state index in [-0.39, 0.29) is 0 Å². The summed E-state index contributed by atoms with van der Waals surface area (Å²) in [5.41, 5.74) is 1.23. The fourth-order valence-electron chi connectivity index (χ4n) is 1.80. The van der Waals surface area contributed by atoms with Gasteiger partial charge in [0.05, 0.1) is 5.52 Å². The summed E-state index contributed by atoms with van der Waals surface area (Å²) in [6.07, 6.45) is -0.453. The largest absolute Gasteiger partial charge is 0.442 e. The van der Waals surface area contributed by atoms with Crippen molar-refractivity contribution in [1.82, 2.24) is 9.78 Å². The van der Waals surface area contributed by atoms with Crippen LogP contribution < -0.4 is 0 Å². The third-order valence-corrected chi connectivity index (χ3v) is 3.71. The molecule has 0 aliphatic carbocycles. The summed E-state index contributed by atoms with van der Waals surface area (Å²) >= 11 is 5.58. The molecule has 0 N–H and O–H groups in total. The van der Waals surface area contributed by atoms with Crippen LogP contribution >= 0.6 is 38.5 Å². The molecule has 0 fully saturated rings. The maximum Gasteiger partial charge on any atom is 0.435 e. The summed E-state index contributed by atoms with van der Waals surface area (Å²) in [7, 11) is 0. The third kappa shape index (κ3) is 3.10. The van der Waals surface area contributed by atoms with Gasteiger partial charge in [-0.15, -0.1) is 0 Å². The van der Waals surface area contributed by atoms with Crippen LogP contribution in [0.15, 0.2) is 16.6 Å². The highest BCUT2D eigenvalue weighted by atomic mass is 127. The lowest BCUT2D eigenvalue weighted by molar-refractivity contribution is 0.0522. The molecule has 0 spiro atoms. The maximum absolute atomic E-state index is 12.2. The number of nitrogens with zero attached hydrogens (tertiary/aromatic N) is 2. The smallest absolute Gasteiger partial charge is 0.435 e. The minimum Gasteiger partial charge on any atom is -0.442 e. The molecule has 19 heavy (non-hydrogen) atoms. The van der Waals surface area contributed by atoms with E-state index in [4.69, 9.17) is 4.74 Å². The summed E-state index contributed by atoms with van der Waals surface area (Å²) in [6, 6.07) is 3.92. The Hall–Kier alpha value is -0.630. The van der Waals surface area contributed by atoms with Crippen LogP contribution in [0.2, 0.25) is 0 Å². The van der Waals surface area contributed by atoms with Crippen molar-refractivity contribution in [3.05, 3.63) is 25.9 Å². The summed E-state index contributed by atoms with van der Waals surface area (Å²) < 4.78 is 8.47. The van der Waals surface area contributed by atoms with E-state index < -0.39 is 11.7 Å². The van der Waals surface area contributed by atoms with Crippen LogP contribution in [0.3, 0.4) is 0 Å². The Morgan fingerprint density at radius 1 is 1.42 bits per heavy atom. The lowest BCUT2D eigenvalue weighted by Gasteiger charge is -2.19. The van der Waals surface area contributed by atoms with Crippen molar-refractivity contribution in [2.24, 2.45) is 0 Å². The van der Waals surface area contributed by atoms with Gasteiger partial charge in [-0.3, -0.25) is 0 Å². The van der Waals surface area contributed by atoms with Crippen molar-refractivity contribution < 1.29 is 9.53 Å². The zero-order chi connectivity index (χ0) is 14.4. The van der Waals surface area contributed by atoms with E-state index in [0.717, 1.165) is 24.6 Å². The van der Waals surface area contributed by atoms with Crippen LogP contribution in [0.1, 0.15) is 26.3 Å². The fraction of sp³-hybridized carbons (Fsp3) is 0.385. The van der Waals surface area contributed by atoms with E-state index in [1.54, 1.807) is 0 Å². The van der Waals surface area contributed by atoms with Gasteiger partial charge in [-0.25, -0.2) is 4.79 Å². The number of fused-ring (bicyclic) bond motifs is 1. The Bertz CT molecular complexity index is 659. The van der Waals surface area contributed by atoms with Crippen LogP contribution in [0, 0.1) is 10.6 Å². The number of carbonyl (C=O) groups excluding carboxylic acids is 1. The normalized spacial score (nSPS) is 11.9. The molecule has 0 aliphatic heterocycles. The molecular weight excluding hydrogens is 423 g/mol. The van der Waals surface area contributed by atoms with Crippen molar-refractivity contribution >= 4 is 55.5 Å². The first-order chi connectivity index (χ1) is 8.69. The maximum atomic E-state index is 12.2. The number of rotatable bonds is 0. The number of aryl methyl sites for hydroxylation is 1. The monoisotopic (exact) mass is 436 g/mol. The molecule has 0 unspecified atom stereocenters. The second kappa shape index (κ2) is 5.05. The lowest BCUT2D eigenvalue weighted by atomic mass is 10.2. The summed E-state index contributed by atoms with van der Waals surface area (Å²) in [4.78, 5) is 12.2. The molecule has 0 atom stereocenters. The Balaban J connectivity index is 2.59. The molecule has 1 aromatic carbocycles. The average molecular weight is 437 g/mol. The zero-order valence-electron chi connectivity index (χ0n) is 11.1. The number of ether oxygens (including phenoxy) is 1. The van der Waals surface area contributed by atoms with Crippen molar-refractivity contribution in [3.8, 4) is 0 Å². The van der Waals surface area contributed by atoms with Gasteiger partial charge in [0, 0.05) is 9.86 Å². The molecule has 6 heteroatoms. The first-order valence-corrected chi connectivity index (χ1v) is 7.64. The van der Waals surface area contributed by atoms with Crippen LogP contribution in [0.25, 0.3) is 10.9 Å². The molecule has 0 amide bonds.